The van der Waals surface area contributed by atoms with Crippen LogP contribution >= 0.6 is 11.6 Å². The van der Waals surface area contributed by atoms with E-state index in [9.17, 15) is 0 Å². The van der Waals surface area contributed by atoms with E-state index >= 15 is 0 Å². The Morgan fingerprint density at radius 2 is 2.00 bits per heavy atom. The number of hydrogen-bond acceptors (Lipinski definition) is 1. The van der Waals surface area contributed by atoms with Gasteiger partial charge in [0.15, 0.2) is 0 Å². The maximum Gasteiger partial charge on any atom is 0.0438 e. The maximum atomic E-state index is 6.25. The molecular formula is C16H26ClN. The monoisotopic (exact) mass is 267 g/mol. The van der Waals surface area contributed by atoms with E-state index in [-0.39, 0.29) is 0 Å². The van der Waals surface area contributed by atoms with Crippen LogP contribution in [0.25, 0.3) is 0 Å². The first-order valence-electron chi connectivity index (χ1n) is 7.05. The van der Waals surface area contributed by atoms with Crippen molar-refractivity contribution in [2.45, 2.75) is 39.5 Å². The minimum absolute atomic E-state index is 0.677. The highest BCUT2D eigenvalue weighted by molar-refractivity contribution is 6.31. The van der Waals surface area contributed by atoms with E-state index in [0.717, 1.165) is 23.9 Å². The number of halogens is 1. The summed E-state index contributed by atoms with van der Waals surface area (Å²) in [6.07, 6.45) is 4.96. The van der Waals surface area contributed by atoms with Crippen LogP contribution in [0.4, 0.5) is 0 Å². The Labute approximate surface area is 117 Å². The molecule has 0 spiro atoms. The van der Waals surface area contributed by atoms with Gasteiger partial charge in [-0.05, 0) is 49.9 Å². The van der Waals surface area contributed by atoms with Crippen molar-refractivity contribution in [1.82, 2.24) is 5.32 Å². The molecule has 0 aliphatic carbocycles. The van der Waals surface area contributed by atoms with E-state index in [1.807, 2.05) is 19.2 Å². The second-order valence-corrected chi connectivity index (χ2v) is 5.76. The zero-order valence-corrected chi connectivity index (χ0v) is 12.6. The Bertz CT molecular complexity index is 338. The lowest BCUT2D eigenvalue weighted by molar-refractivity contribution is 0.361. The standard InChI is InChI=1S/C16H26ClN/c1-4-7-13(2)10-14(12-18-3)11-15-8-5-6-9-16(15)17/h5-6,8-9,13-14,18H,4,7,10-12H2,1-3H3. The predicted molar refractivity (Wildman–Crippen MR) is 81.3 cm³/mol. The molecule has 0 saturated heterocycles. The average molecular weight is 268 g/mol. The van der Waals surface area contributed by atoms with Gasteiger partial charge >= 0.3 is 0 Å². The molecule has 0 heterocycles. The molecule has 0 fully saturated rings. The fourth-order valence-electron chi connectivity index (χ4n) is 2.68. The van der Waals surface area contributed by atoms with Crippen LogP contribution in [0, 0.1) is 11.8 Å². The maximum absolute atomic E-state index is 6.25. The summed E-state index contributed by atoms with van der Waals surface area (Å²) >= 11 is 6.25. The van der Waals surface area contributed by atoms with Crippen molar-refractivity contribution >= 4 is 11.6 Å². The van der Waals surface area contributed by atoms with Crippen LogP contribution in [0.1, 0.15) is 38.7 Å². The van der Waals surface area contributed by atoms with Crippen LogP contribution in [0.5, 0.6) is 0 Å². The van der Waals surface area contributed by atoms with Crippen molar-refractivity contribution in [3.63, 3.8) is 0 Å². The van der Waals surface area contributed by atoms with Gasteiger partial charge in [-0.25, -0.2) is 0 Å². The van der Waals surface area contributed by atoms with E-state index in [4.69, 9.17) is 11.6 Å². The second-order valence-electron chi connectivity index (χ2n) is 5.35. The molecule has 0 saturated carbocycles. The molecule has 0 radical (unpaired) electrons. The summed E-state index contributed by atoms with van der Waals surface area (Å²) < 4.78 is 0. The number of benzene rings is 1. The van der Waals surface area contributed by atoms with Crippen LogP contribution in [-0.4, -0.2) is 13.6 Å². The highest BCUT2D eigenvalue weighted by Crippen LogP contribution is 2.24. The van der Waals surface area contributed by atoms with E-state index in [1.165, 1.54) is 24.8 Å². The molecule has 1 rings (SSSR count). The lowest BCUT2D eigenvalue weighted by Crippen LogP contribution is -2.23. The molecule has 18 heavy (non-hydrogen) atoms. The van der Waals surface area contributed by atoms with Crippen molar-refractivity contribution in [2.24, 2.45) is 11.8 Å². The number of nitrogens with one attached hydrogen (secondary N) is 1. The topological polar surface area (TPSA) is 12.0 Å². The molecule has 1 aromatic rings. The summed E-state index contributed by atoms with van der Waals surface area (Å²) in [5, 5.41) is 4.22. The molecule has 0 aliphatic heterocycles. The summed E-state index contributed by atoms with van der Waals surface area (Å²) in [6, 6.07) is 8.21. The Balaban J connectivity index is 2.59. The molecule has 0 amide bonds. The third-order valence-corrected chi connectivity index (χ3v) is 3.85. The average Bonchev–Trinajstić information content (AvgIpc) is 2.32. The van der Waals surface area contributed by atoms with Crippen LogP contribution in [0.2, 0.25) is 5.02 Å². The van der Waals surface area contributed by atoms with Gasteiger partial charge < -0.3 is 5.32 Å². The molecule has 102 valence electrons. The van der Waals surface area contributed by atoms with Gasteiger partial charge in [0.05, 0.1) is 0 Å². The first kappa shape index (κ1) is 15.5. The third-order valence-electron chi connectivity index (χ3n) is 3.48. The highest BCUT2D eigenvalue weighted by atomic mass is 35.5. The van der Waals surface area contributed by atoms with Crippen molar-refractivity contribution in [3.8, 4) is 0 Å². The number of rotatable bonds is 8. The largest absolute Gasteiger partial charge is 0.319 e. The van der Waals surface area contributed by atoms with Gasteiger partial charge in [-0.3, -0.25) is 0 Å². The van der Waals surface area contributed by atoms with Crippen molar-refractivity contribution in [3.05, 3.63) is 34.9 Å². The normalized spacial score (nSPS) is 14.4. The minimum Gasteiger partial charge on any atom is -0.319 e. The molecule has 0 aliphatic rings. The summed E-state index contributed by atoms with van der Waals surface area (Å²) in [7, 11) is 2.03. The lowest BCUT2D eigenvalue weighted by Gasteiger charge is -2.21. The van der Waals surface area contributed by atoms with Gasteiger partial charge in [0.25, 0.3) is 0 Å². The molecule has 1 nitrogen and oxygen atoms in total. The second kappa shape index (κ2) is 8.55. The Morgan fingerprint density at radius 1 is 1.28 bits per heavy atom. The van der Waals surface area contributed by atoms with Crippen LogP contribution in [0.3, 0.4) is 0 Å². The van der Waals surface area contributed by atoms with Gasteiger partial charge in [0, 0.05) is 5.02 Å². The number of hydrogen-bond donors (Lipinski definition) is 1. The van der Waals surface area contributed by atoms with Crippen LogP contribution in [0.15, 0.2) is 24.3 Å². The van der Waals surface area contributed by atoms with Gasteiger partial charge in [0.2, 0.25) is 0 Å². The third kappa shape index (κ3) is 5.41. The first-order chi connectivity index (χ1) is 8.67. The van der Waals surface area contributed by atoms with E-state index in [2.05, 4.69) is 31.3 Å². The smallest absolute Gasteiger partial charge is 0.0438 e. The Kier molecular flexibility index (Phi) is 7.38. The van der Waals surface area contributed by atoms with E-state index in [0.29, 0.717) is 5.92 Å². The van der Waals surface area contributed by atoms with Crippen LogP contribution in [-0.2, 0) is 6.42 Å². The molecule has 0 aromatic heterocycles. The van der Waals surface area contributed by atoms with Gasteiger partial charge in [-0.1, -0.05) is 56.5 Å². The molecule has 2 unspecified atom stereocenters. The molecule has 1 N–H and O–H groups in total. The summed E-state index contributed by atoms with van der Waals surface area (Å²) in [6.45, 7) is 5.69. The predicted octanol–water partition coefficient (Wildman–Crippen LogP) is 4.54. The molecule has 2 heteroatoms. The van der Waals surface area contributed by atoms with Crippen molar-refractivity contribution in [1.29, 1.82) is 0 Å². The Hall–Kier alpha value is -0.530. The quantitative estimate of drug-likeness (QED) is 0.729. The molecule has 2 atom stereocenters. The fraction of sp³-hybridized carbons (Fsp3) is 0.625. The summed E-state index contributed by atoms with van der Waals surface area (Å²) in [4.78, 5) is 0. The highest BCUT2D eigenvalue weighted by Gasteiger charge is 2.14. The Morgan fingerprint density at radius 3 is 2.61 bits per heavy atom. The molecular weight excluding hydrogens is 242 g/mol. The zero-order valence-electron chi connectivity index (χ0n) is 11.9. The lowest BCUT2D eigenvalue weighted by atomic mass is 9.88. The fourth-order valence-corrected chi connectivity index (χ4v) is 2.90. The SMILES string of the molecule is CCCC(C)CC(CNC)Cc1ccccc1Cl. The van der Waals surface area contributed by atoms with Gasteiger partial charge in [-0.15, -0.1) is 0 Å². The minimum atomic E-state index is 0.677. The first-order valence-corrected chi connectivity index (χ1v) is 7.43. The summed E-state index contributed by atoms with van der Waals surface area (Å²) in [5.74, 6) is 1.48. The van der Waals surface area contributed by atoms with E-state index in [1.54, 1.807) is 0 Å². The van der Waals surface area contributed by atoms with Gasteiger partial charge in [0.1, 0.15) is 0 Å². The van der Waals surface area contributed by atoms with Crippen LogP contribution < -0.4 is 5.32 Å². The van der Waals surface area contributed by atoms with Crippen molar-refractivity contribution < 1.29 is 0 Å². The van der Waals surface area contributed by atoms with E-state index < -0.39 is 0 Å². The van der Waals surface area contributed by atoms with Crippen molar-refractivity contribution in [2.75, 3.05) is 13.6 Å². The molecule has 0 bridgehead atoms. The molecule has 1 aromatic carbocycles. The zero-order chi connectivity index (χ0) is 13.4. The summed E-state index contributed by atoms with van der Waals surface area (Å²) in [5.41, 5.74) is 1.28. The van der Waals surface area contributed by atoms with Gasteiger partial charge in [-0.2, -0.15) is 0 Å².